The number of methoxy groups -OCH3 is 1. The van der Waals surface area contributed by atoms with E-state index in [-0.39, 0.29) is 5.54 Å². The van der Waals surface area contributed by atoms with Crippen molar-refractivity contribution in [3.05, 3.63) is 29.3 Å². The number of nitrogens with one attached hydrogen (secondary N) is 1. The van der Waals surface area contributed by atoms with Gasteiger partial charge in [-0.1, -0.05) is 23.5 Å². The van der Waals surface area contributed by atoms with Crippen molar-refractivity contribution in [3.8, 4) is 16.3 Å². The molecule has 0 unspecified atom stereocenters. The molecule has 0 fully saturated rings. The average molecular weight is 291 g/mol. The van der Waals surface area contributed by atoms with Crippen LogP contribution in [-0.2, 0) is 6.42 Å². The van der Waals surface area contributed by atoms with Crippen LogP contribution in [-0.4, -0.2) is 29.4 Å². The van der Waals surface area contributed by atoms with E-state index in [4.69, 9.17) is 4.74 Å². The van der Waals surface area contributed by atoms with Gasteiger partial charge in [0, 0.05) is 18.5 Å². The van der Waals surface area contributed by atoms with Gasteiger partial charge in [-0.15, -0.1) is 10.2 Å². The molecule has 1 heterocycles. The van der Waals surface area contributed by atoms with Crippen LogP contribution in [0.15, 0.2) is 24.3 Å². The first-order chi connectivity index (χ1) is 9.49. The van der Waals surface area contributed by atoms with Gasteiger partial charge in [0.05, 0.1) is 12.7 Å². The molecule has 20 heavy (non-hydrogen) atoms. The highest BCUT2D eigenvalue weighted by Crippen LogP contribution is 2.31. The zero-order valence-electron chi connectivity index (χ0n) is 12.4. The van der Waals surface area contributed by atoms with Crippen LogP contribution in [0.25, 0.3) is 10.6 Å². The van der Waals surface area contributed by atoms with Gasteiger partial charge in [-0.3, -0.25) is 0 Å². The molecule has 0 amide bonds. The summed E-state index contributed by atoms with van der Waals surface area (Å²) < 4.78 is 5.36. The molecule has 1 N–H and O–H groups in total. The third-order valence-electron chi connectivity index (χ3n) is 2.80. The molecule has 0 spiro atoms. The molecule has 0 atom stereocenters. The van der Waals surface area contributed by atoms with E-state index in [2.05, 4.69) is 36.3 Å². The van der Waals surface area contributed by atoms with E-state index < -0.39 is 0 Å². The molecule has 5 heteroatoms. The Labute approximate surface area is 124 Å². The predicted molar refractivity (Wildman–Crippen MR) is 83.4 cm³/mol. The van der Waals surface area contributed by atoms with Crippen molar-refractivity contribution in [2.75, 3.05) is 13.7 Å². The number of rotatable bonds is 5. The Morgan fingerprint density at radius 1 is 1.20 bits per heavy atom. The standard InChI is InChI=1S/C15H21N3OS/c1-15(2,3)16-10-9-13-17-18-14(20-13)11-7-5-6-8-12(11)19-4/h5-8,16H,9-10H2,1-4H3. The van der Waals surface area contributed by atoms with Gasteiger partial charge in [0.15, 0.2) is 5.01 Å². The van der Waals surface area contributed by atoms with Crippen molar-refractivity contribution in [3.63, 3.8) is 0 Å². The second kappa shape index (κ2) is 6.33. The van der Waals surface area contributed by atoms with Crippen molar-refractivity contribution in [1.29, 1.82) is 0 Å². The second-order valence-corrected chi connectivity index (χ2v) is 6.69. The molecule has 0 aliphatic heterocycles. The van der Waals surface area contributed by atoms with Crippen LogP contribution in [0.4, 0.5) is 0 Å². The Morgan fingerprint density at radius 3 is 2.65 bits per heavy atom. The molecule has 2 rings (SSSR count). The highest BCUT2D eigenvalue weighted by molar-refractivity contribution is 7.14. The van der Waals surface area contributed by atoms with Crippen LogP contribution >= 0.6 is 11.3 Å². The first-order valence-corrected chi connectivity index (χ1v) is 7.52. The van der Waals surface area contributed by atoms with E-state index in [1.165, 1.54) is 0 Å². The van der Waals surface area contributed by atoms with Crippen molar-refractivity contribution in [2.45, 2.75) is 32.7 Å². The number of para-hydroxylation sites is 1. The first-order valence-electron chi connectivity index (χ1n) is 6.70. The summed E-state index contributed by atoms with van der Waals surface area (Å²) in [7, 11) is 1.67. The molecule has 0 bridgehead atoms. The maximum absolute atomic E-state index is 5.36. The van der Waals surface area contributed by atoms with Crippen LogP contribution in [0.2, 0.25) is 0 Å². The summed E-state index contributed by atoms with van der Waals surface area (Å²) in [6.07, 6.45) is 0.893. The second-order valence-electron chi connectivity index (χ2n) is 5.63. The van der Waals surface area contributed by atoms with Gasteiger partial charge >= 0.3 is 0 Å². The maximum Gasteiger partial charge on any atom is 0.151 e. The predicted octanol–water partition coefficient (Wildman–Crippen LogP) is 3.14. The van der Waals surface area contributed by atoms with E-state index >= 15 is 0 Å². The minimum atomic E-state index is 0.135. The summed E-state index contributed by atoms with van der Waals surface area (Å²) >= 11 is 1.62. The molecule has 2 aromatic rings. The van der Waals surface area contributed by atoms with E-state index in [1.54, 1.807) is 18.4 Å². The number of aromatic nitrogens is 2. The third kappa shape index (κ3) is 4.02. The number of benzene rings is 1. The van der Waals surface area contributed by atoms with Crippen molar-refractivity contribution < 1.29 is 4.74 Å². The lowest BCUT2D eigenvalue weighted by Gasteiger charge is -2.19. The first kappa shape index (κ1) is 14.9. The van der Waals surface area contributed by atoms with Gasteiger partial charge in [-0.2, -0.15) is 0 Å². The van der Waals surface area contributed by atoms with Gasteiger partial charge in [0.1, 0.15) is 10.8 Å². The Kier molecular flexibility index (Phi) is 4.73. The normalized spacial score (nSPS) is 11.6. The Bertz CT molecular complexity index is 560. The Balaban J connectivity index is 2.05. The highest BCUT2D eigenvalue weighted by Gasteiger charge is 2.12. The molecular weight excluding hydrogens is 270 g/mol. The molecule has 0 radical (unpaired) electrons. The van der Waals surface area contributed by atoms with Crippen LogP contribution in [0, 0.1) is 0 Å². The van der Waals surface area contributed by atoms with Gasteiger partial charge in [-0.25, -0.2) is 0 Å². The fourth-order valence-corrected chi connectivity index (χ4v) is 2.70. The van der Waals surface area contributed by atoms with Crippen molar-refractivity contribution in [1.82, 2.24) is 15.5 Å². The smallest absolute Gasteiger partial charge is 0.151 e. The molecule has 108 valence electrons. The molecule has 0 aliphatic rings. The SMILES string of the molecule is COc1ccccc1-c1nnc(CCNC(C)(C)C)s1. The number of hydrogen-bond acceptors (Lipinski definition) is 5. The Morgan fingerprint density at radius 2 is 1.95 bits per heavy atom. The summed E-state index contributed by atoms with van der Waals surface area (Å²) in [5.41, 5.74) is 1.14. The summed E-state index contributed by atoms with van der Waals surface area (Å²) in [5, 5.41) is 13.9. The molecule has 0 aliphatic carbocycles. The van der Waals surface area contributed by atoms with Crippen LogP contribution in [0.3, 0.4) is 0 Å². The van der Waals surface area contributed by atoms with Crippen LogP contribution in [0.1, 0.15) is 25.8 Å². The molecular formula is C15H21N3OS. The maximum atomic E-state index is 5.36. The van der Waals surface area contributed by atoms with Crippen molar-refractivity contribution >= 4 is 11.3 Å². The minimum Gasteiger partial charge on any atom is -0.496 e. The zero-order chi connectivity index (χ0) is 14.6. The fraction of sp³-hybridized carbons (Fsp3) is 0.467. The zero-order valence-corrected chi connectivity index (χ0v) is 13.3. The van der Waals surface area contributed by atoms with Crippen LogP contribution in [0.5, 0.6) is 5.75 Å². The lowest BCUT2D eigenvalue weighted by molar-refractivity contribution is 0.416. The summed E-state index contributed by atoms with van der Waals surface area (Å²) in [6.45, 7) is 7.39. The van der Waals surface area contributed by atoms with Gasteiger partial charge in [-0.05, 0) is 32.9 Å². The number of hydrogen-bond donors (Lipinski definition) is 1. The molecule has 0 saturated heterocycles. The third-order valence-corrected chi connectivity index (χ3v) is 3.81. The number of nitrogens with zero attached hydrogens (tertiary/aromatic N) is 2. The lowest BCUT2D eigenvalue weighted by Crippen LogP contribution is -2.37. The van der Waals surface area contributed by atoms with Crippen LogP contribution < -0.4 is 10.1 Å². The molecule has 1 aromatic heterocycles. The quantitative estimate of drug-likeness (QED) is 0.919. The average Bonchev–Trinajstić information content (AvgIpc) is 2.86. The van der Waals surface area contributed by atoms with Gasteiger partial charge in [0.2, 0.25) is 0 Å². The number of ether oxygens (including phenoxy) is 1. The fourth-order valence-electron chi connectivity index (χ4n) is 1.83. The molecule has 1 aromatic carbocycles. The van der Waals surface area contributed by atoms with E-state index in [0.717, 1.165) is 34.3 Å². The van der Waals surface area contributed by atoms with Crippen molar-refractivity contribution in [2.24, 2.45) is 0 Å². The Hall–Kier alpha value is -1.46. The molecule has 0 saturated carbocycles. The summed E-state index contributed by atoms with van der Waals surface area (Å²) in [6, 6.07) is 7.89. The van der Waals surface area contributed by atoms with E-state index in [0.29, 0.717) is 0 Å². The van der Waals surface area contributed by atoms with E-state index in [1.807, 2.05) is 24.3 Å². The van der Waals surface area contributed by atoms with E-state index in [9.17, 15) is 0 Å². The highest BCUT2D eigenvalue weighted by atomic mass is 32.1. The molecule has 4 nitrogen and oxygen atoms in total. The summed E-state index contributed by atoms with van der Waals surface area (Å²) in [4.78, 5) is 0. The summed E-state index contributed by atoms with van der Waals surface area (Å²) in [5.74, 6) is 0.836. The lowest BCUT2D eigenvalue weighted by atomic mass is 10.1. The topological polar surface area (TPSA) is 47.0 Å². The largest absolute Gasteiger partial charge is 0.496 e. The monoisotopic (exact) mass is 291 g/mol. The van der Waals surface area contributed by atoms with Gasteiger partial charge in [0.25, 0.3) is 0 Å². The van der Waals surface area contributed by atoms with Gasteiger partial charge < -0.3 is 10.1 Å². The minimum absolute atomic E-state index is 0.135.